The molecular weight excluding hydrogens is 356 g/mol. The highest BCUT2D eigenvalue weighted by Crippen LogP contribution is 2.31. The molecule has 1 N–H and O–H groups in total. The minimum absolute atomic E-state index is 0.279. The second-order valence-electron chi connectivity index (χ2n) is 6.29. The van der Waals surface area contributed by atoms with Crippen molar-refractivity contribution >= 4 is 23.1 Å². The Hall–Kier alpha value is -3.12. The molecule has 0 bridgehead atoms. The number of anilines is 1. The number of amides is 2. The molecular formula is C22H24N2O4. The Morgan fingerprint density at radius 3 is 2.50 bits per heavy atom. The van der Waals surface area contributed by atoms with E-state index in [0.717, 1.165) is 0 Å². The van der Waals surface area contributed by atoms with Gasteiger partial charge in [0, 0.05) is 31.5 Å². The van der Waals surface area contributed by atoms with Crippen LogP contribution in [0.4, 0.5) is 5.69 Å². The van der Waals surface area contributed by atoms with Crippen LogP contribution in [-0.4, -0.2) is 43.6 Å². The summed E-state index contributed by atoms with van der Waals surface area (Å²) < 4.78 is 10.6. The molecule has 0 radical (unpaired) electrons. The predicted molar refractivity (Wildman–Crippen MR) is 108 cm³/mol. The molecule has 1 aliphatic heterocycles. The van der Waals surface area contributed by atoms with Gasteiger partial charge in [0.1, 0.15) is 11.4 Å². The number of carbonyl (C=O) groups is 2. The van der Waals surface area contributed by atoms with Gasteiger partial charge in [-0.05, 0) is 31.0 Å². The van der Waals surface area contributed by atoms with E-state index in [1.54, 1.807) is 13.2 Å². The van der Waals surface area contributed by atoms with Crippen LogP contribution in [-0.2, 0) is 14.3 Å². The fourth-order valence-electron chi connectivity index (χ4n) is 3.08. The van der Waals surface area contributed by atoms with Gasteiger partial charge in [-0.25, -0.2) is 0 Å². The summed E-state index contributed by atoms with van der Waals surface area (Å²) in [6.45, 7) is 3.35. The van der Waals surface area contributed by atoms with E-state index < -0.39 is 0 Å². The third-order valence-corrected chi connectivity index (χ3v) is 4.44. The lowest BCUT2D eigenvalue weighted by Gasteiger charge is -2.15. The molecule has 1 aliphatic rings. The average Bonchev–Trinajstić information content (AvgIpc) is 2.96. The number of nitrogens with zero attached hydrogens (tertiary/aromatic N) is 1. The van der Waals surface area contributed by atoms with Gasteiger partial charge in [0.25, 0.3) is 11.8 Å². The maximum Gasteiger partial charge on any atom is 0.278 e. The Bertz CT molecular complexity index is 877. The molecule has 0 unspecified atom stereocenters. The Kier molecular flexibility index (Phi) is 6.45. The van der Waals surface area contributed by atoms with E-state index in [2.05, 4.69) is 5.32 Å². The molecule has 6 nitrogen and oxygen atoms in total. The highest BCUT2D eigenvalue weighted by molar-refractivity contribution is 6.36. The fourth-order valence-corrected chi connectivity index (χ4v) is 3.08. The first-order chi connectivity index (χ1) is 13.7. The quantitative estimate of drug-likeness (QED) is 0.534. The van der Waals surface area contributed by atoms with Crippen LogP contribution in [0.5, 0.6) is 5.75 Å². The van der Waals surface area contributed by atoms with Crippen molar-refractivity contribution in [3.05, 3.63) is 65.9 Å². The number of benzene rings is 2. The smallest absolute Gasteiger partial charge is 0.278 e. The molecule has 28 heavy (non-hydrogen) atoms. The van der Waals surface area contributed by atoms with Crippen LogP contribution in [0.1, 0.15) is 18.9 Å². The van der Waals surface area contributed by atoms with Crippen LogP contribution in [0.2, 0.25) is 0 Å². The first-order valence-corrected chi connectivity index (χ1v) is 9.30. The molecule has 0 saturated carbocycles. The number of rotatable bonds is 9. The molecule has 0 aromatic heterocycles. The van der Waals surface area contributed by atoms with Crippen molar-refractivity contribution in [2.24, 2.45) is 0 Å². The summed E-state index contributed by atoms with van der Waals surface area (Å²) in [6.07, 6.45) is 0.597. The summed E-state index contributed by atoms with van der Waals surface area (Å²) in [7, 11) is 1.58. The van der Waals surface area contributed by atoms with Gasteiger partial charge in [0.15, 0.2) is 0 Å². The number of nitrogens with one attached hydrogen (secondary N) is 1. The van der Waals surface area contributed by atoms with Crippen LogP contribution < -0.4 is 10.1 Å². The Balaban J connectivity index is 1.91. The Morgan fingerprint density at radius 1 is 1.00 bits per heavy atom. The van der Waals surface area contributed by atoms with Gasteiger partial charge in [0.05, 0.1) is 12.7 Å². The van der Waals surface area contributed by atoms with Crippen molar-refractivity contribution in [2.45, 2.75) is 13.3 Å². The third-order valence-electron chi connectivity index (χ3n) is 4.44. The van der Waals surface area contributed by atoms with E-state index in [1.165, 1.54) is 4.90 Å². The number of methoxy groups -OCH3 is 1. The van der Waals surface area contributed by atoms with Crippen molar-refractivity contribution < 1.29 is 19.1 Å². The standard InChI is InChI=1S/C22H24N2O4/c1-3-28-14-8-13-24-21(25)19(16-9-5-4-6-10-16)20(22(24)26)23-17-11-7-12-18(15-17)27-2/h4-7,9-12,15,23H,3,8,13-14H2,1-2H3. The van der Waals surface area contributed by atoms with Gasteiger partial charge in [0.2, 0.25) is 0 Å². The second-order valence-corrected chi connectivity index (χ2v) is 6.29. The molecule has 146 valence electrons. The fraction of sp³-hybridized carbons (Fsp3) is 0.273. The number of carbonyl (C=O) groups excluding carboxylic acids is 2. The zero-order valence-electron chi connectivity index (χ0n) is 16.1. The lowest BCUT2D eigenvalue weighted by atomic mass is 10.0. The summed E-state index contributed by atoms with van der Waals surface area (Å²) in [5, 5.41) is 3.13. The minimum atomic E-state index is -0.330. The van der Waals surface area contributed by atoms with Crippen LogP contribution in [0, 0.1) is 0 Å². The molecule has 0 spiro atoms. The van der Waals surface area contributed by atoms with E-state index >= 15 is 0 Å². The topological polar surface area (TPSA) is 67.9 Å². The first kappa shape index (κ1) is 19.6. The van der Waals surface area contributed by atoms with Gasteiger partial charge in [-0.1, -0.05) is 36.4 Å². The van der Waals surface area contributed by atoms with Gasteiger partial charge in [-0.2, -0.15) is 0 Å². The second kappa shape index (κ2) is 9.19. The summed E-state index contributed by atoms with van der Waals surface area (Å²) in [6, 6.07) is 16.5. The Labute approximate surface area is 164 Å². The third kappa shape index (κ3) is 4.23. The maximum atomic E-state index is 13.0. The monoisotopic (exact) mass is 380 g/mol. The van der Waals surface area contributed by atoms with E-state index in [4.69, 9.17) is 9.47 Å². The summed E-state index contributed by atoms with van der Waals surface area (Å²) in [5.41, 5.74) is 2.05. The SMILES string of the molecule is CCOCCCN1C(=O)C(Nc2cccc(OC)c2)=C(c2ccccc2)C1=O. The predicted octanol–water partition coefficient (Wildman–Crippen LogP) is 3.31. The van der Waals surface area contributed by atoms with Crippen LogP contribution in [0.15, 0.2) is 60.3 Å². The van der Waals surface area contributed by atoms with Crippen molar-refractivity contribution in [1.29, 1.82) is 0 Å². The molecule has 0 saturated heterocycles. The molecule has 0 atom stereocenters. The largest absolute Gasteiger partial charge is 0.497 e. The molecule has 2 amide bonds. The van der Waals surface area contributed by atoms with Crippen LogP contribution in [0.3, 0.4) is 0 Å². The van der Waals surface area contributed by atoms with Gasteiger partial charge < -0.3 is 14.8 Å². The number of imide groups is 1. The maximum absolute atomic E-state index is 13.0. The lowest BCUT2D eigenvalue weighted by molar-refractivity contribution is -0.137. The molecule has 0 aliphatic carbocycles. The van der Waals surface area contributed by atoms with Crippen molar-refractivity contribution in [3.8, 4) is 5.75 Å². The lowest BCUT2D eigenvalue weighted by Crippen LogP contribution is -2.34. The van der Waals surface area contributed by atoms with Crippen molar-refractivity contribution in [1.82, 2.24) is 4.90 Å². The highest BCUT2D eigenvalue weighted by Gasteiger charge is 2.38. The highest BCUT2D eigenvalue weighted by atomic mass is 16.5. The van der Waals surface area contributed by atoms with E-state index in [1.807, 2.05) is 55.5 Å². The van der Waals surface area contributed by atoms with Gasteiger partial charge in [-0.15, -0.1) is 0 Å². The minimum Gasteiger partial charge on any atom is -0.497 e. The van der Waals surface area contributed by atoms with E-state index in [0.29, 0.717) is 48.8 Å². The average molecular weight is 380 g/mol. The zero-order valence-corrected chi connectivity index (χ0v) is 16.1. The summed E-state index contributed by atoms with van der Waals surface area (Å²) >= 11 is 0. The normalized spacial score (nSPS) is 14.0. The van der Waals surface area contributed by atoms with Crippen molar-refractivity contribution in [3.63, 3.8) is 0 Å². The van der Waals surface area contributed by atoms with Gasteiger partial charge in [-0.3, -0.25) is 14.5 Å². The van der Waals surface area contributed by atoms with Crippen LogP contribution in [0.25, 0.3) is 5.57 Å². The molecule has 3 rings (SSSR count). The molecule has 1 heterocycles. The molecule has 0 fully saturated rings. The van der Waals surface area contributed by atoms with Crippen molar-refractivity contribution in [2.75, 3.05) is 32.2 Å². The van der Waals surface area contributed by atoms with Crippen LogP contribution >= 0.6 is 0 Å². The number of hydrogen-bond acceptors (Lipinski definition) is 5. The van der Waals surface area contributed by atoms with E-state index in [9.17, 15) is 9.59 Å². The molecule has 2 aromatic carbocycles. The molecule has 2 aromatic rings. The summed E-state index contributed by atoms with van der Waals surface area (Å²) in [4.78, 5) is 27.4. The number of hydrogen-bond donors (Lipinski definition) is 1. The zero-order chi connectivity index (χ0) is 19.9. The first-order valence-electron chi connectivity index (χ1n) is 9.30. The van der Waals surface area contributed by atoms with Gasteiger partial charge >= 0.3 is 0 Å². The Morgan fingerprint density at radius 2 is 1.79 bits per heavy atom. The van der Waals surface area contributed by atoms with E-state index in [-0.39, 0.29) is 17.5 Å². The molecule has 6 heteroatoms. The number of ether oxygens (including phenoxy) is 2. The summed E-state index contributed by atoms with van der Waals surface area (Å²) in [5.74, 6) is 0.0403.